The van der Waals surface area contributed by atoms with Crippen LogP contribution in [-0.2, 0) is 0 Å². The smallest absolute Gasteiger partial charge is 0.00767 e. The van der Waals surface area contributed by atoms with Gasteiger partial charge in [-0.2, -0.15) is 0 Å². The molecule has 3 fully saturated rings. The molecule has 0 aromatic heterocycles. The first-order valence-electron chi connectivity index (χ1n) is 6.83. The van der Waals surface area contributed by atoms with Gasteiger partial charge in [0.2, 0.25) is 0 Å². The van der Waals surface area contributed by atoms with Crippen molar-refractivity contribution in [3.05, 3.63) is 0 Å². The van der Waals surface area contributed by atoms with E-state index in [0.717, 1.165) is 13.1 Å². The molecule has 0 atom stereocenters. The third-order valence-corrected chi connectivity index (χ3v) is 2.85. The molecule has 4 N–H and O–H groups in total. The number of rotatable bonds is 0. The van der Waals surface area contributed by atoms with Gasteiger partial charge in [-0.1, -0.05) is 0 Å². The van der Waals surface area contributed by atoms with E-state index < -0.39 is 0 Å². The third kappa shape index (κ3) is 9.09. The van der Waals surface area contributed by atoms with Crippen LogP contribution in [0, 0.1) is 0 Å². The molecular formula is C12H28N4. The Morgan fingerprint density at radius 1 is 0.312 bits per heavy atom. The summed E-state index contributed by atoms with van der Waals surface area (Å²) in [4.78, 5) is 0. The fraction of sp³-hybridized carbons (Fsp3) is 1.00. The Morgan fingerprint density at radius 2 is 0.625 bits per heavy atom. The molecule has 4 heteroatoms. The summed E-state index contributed by atoms with van der Waals surface area (Å²) in [6.45, 7) is 9.65. The van der Waals surface area contributed by atoms with E-state index in [2.05, 4.69) is 21.3 Å². The zero-order valence-electron chi connectivity index (χ0n) is 10.5. The predicted molar refractivity (Wildman–Crippen MR) is 69.9 cm³/mol. The minimum atomic E-state index is 1.14. The maximum atomic E-state index is 3.28. The summed E-state index contributed by atoms with van der Waals surface area (Å²) >= 11 is 0. The van der Waals surface area contributed by atoms with Crippen LogP contribution in [0.5, 0.6) is 0 Å². The Hall–Kier alpha value is -0.160. The zero-order valence-corrected chi connectivity index (χ0v) is 10.5. The molecule has 0 spiro atoms. The molecule has 3 heterocycles. The van der Waals surface area contributed by atoms with Gasteiger partial charge < -0.3 is 21.3 Å². The highest BCUT2D eigenvalue weighted by molar-refractivity contribution is 4.58. The van der Waals surface area contributed by atoms with Crippen LogP contribution in [-0.4, -0.2) is 52.4 Å². The third-order valence-electron chi connectivity index (χ3n) is 2.85. The number of hydrogen-bond acceptors (Lipinski definition) is 4. The van der Waals surface area contributed by atoms with Gasteiger partial charge in [0.15, 0.2) is 0 Å². The van der Waals surface area contributed by atoms with Crippen molar-refractivity contribution in [3.8, 4) is 0 Å². The van der Waals surface area contributed by atoms with Gasteiger partial charge in [0, 0.05) is 13.1 Å². The number of hydrogen-bond donors (Lipinski definition) is 4. The molecule has 3 aliphatic heterocycles. The molecule has 0 aromatic rings. The molecule has 0 aromatic carbocycles. The van der Waals surface area contributed by atoms with Crippen molar-refractivity contribution in [1.29, 1.82) is 0 Å². The summed E-state index contributed by atoms with van der Waals surface area (Å²) in [6, 6.07) is 0. The first-order valence-corrected chi connectivity index (χ1v) is 6.83. The van der Waals surface area contributed by atoms with Crippen LogP contribution < -0.4 is 21.3 Å². The predicted octanol–water partition coefficient (Wildman–Crippen LogP) is -0.0812. The molecule has 0 radical (unpaired) electrons. The van der Waals surface area contributed by atoms with Gasteiger partial charge in [-0.15, -0.1) is 0 Å². The largest absolute Gasteiger partial charge is 0.317 e. The van der Waals surface area contributed by atoms with Crippen molar-refractivity contribution < 1.29 is 0 Å². The standard InChI is InChI=1S/C5H12N2.C4H9N.C3H7N/c1-2-6-4-5-7-3-1;1-2-4-5-3-1;1-2-4-3-1/h6-7H,1-5H2;5H,1-4H2;4H,1-3H2. The second kappa shape index (κ2) is 11.3. The van der Waals surface area contributed by atoms with Gasteiger partial charge in [0.1, 0.15) is 0 Å². The van der Waals surface area contributed by atoms with Crippen molar-refractivity contribution >= 4 is 0 Å². The lowest BCUT2D eigenvalue weighted by Crippen LogP contribution is -2.29. The van der Waals surface area contributed by atoms with Crippen molar-refractivity contribution in [3.63, 3.8) is 0 Å². The zero-order chi connectivity index (χ0) is 11.3. The van der Waals surface area contributed by atoms with E-state index in [0.29, 0.717) is 0 Å². The minimum absolute atomic E-state index is 1.14. The van der Waals surface area contributed by atoms with Crippen LogP contribution in [0.1, 0.15) is 25.7 Å². The summed E-state index contributed by atoms with van der Waals surface area (Å²) < 4.78 is 0. The second-order valence-electron chi connectivity index (χ2n) is 4.41. The summed E-state index contributed by atoms with van der Waals surface area (Å²) in [5.74, 6) is 0. The summed E-state index contributed by atoms with van der Waals surface area (Å²) in [5, 5.41) is 12.9. The highest BCUT2D eigenvalue weighted by Crippen LogP contribution is 1.90. The molecule has 96 valence electrons. The fourth-order valence-electron chi connectivity index (χ4n) is 1.57. The van der Waals surface area contributed by atoms with Gasteiger partial charge in [0.05, 0.1) is 0 Å². The molecule has 3 rings (SSSR count). The van der Waals surface area contributed by atoms with Crippen LogP contribution in [0.4, 0.5) is 0 Å². The highest BCUT2D eigenvalue weighted by Gasteiger charge is 1.93. The molecule has 0 unspecified atom stereocenters. The quantitative estimate of drug-likeness (QED) is 0.468. The molecule has 0 amide bonds. The molecule has 0 saturated carbocycles. The van der Waals surface area contributed by atoms with Crippen molar-refractivity contribution in [2.75, 3.05) is 52.4 Å². The first kappa shape index (κ1) is 13.9. The SMILES string of the molecule is C1CCNC1.C1CNC1.C1CNCCNC1. The molecule has 0 aliphatic carbocycles. The molecule has 3 aliphatic rings. The van der Waals surface area contributed by atoms with Crippen molar-refractivity contribution in [2.24, 2.45) is 0 Å². The Morgan fingerprint density at radius 3 is 0.938 bits per heavy atom. The Labute approximate surface area is 99.9 Å². The Kier molecular flexibility index (Phi) is 9.84. The van der Waals surface area contributed by atoms with Gasteiger partial charge in [0.25, 0.3) is 0 Å². The number of nitrogens with one attached hydrogen (secondary N) is 4. The lowest BCUT2D eigenvalue weighted by atomic mass is 10.3. The van der Waals surface area contributed by atoms with Crippen LogP contribution >= 0.6 is 0 Å². The van der Waals surface area contributed by atoms with E-state index in [4.69, 9.17) is 0 Å². The molecular weight excluding hydrogens is 200 g/mol. The van der Waals surface area contributed by atoms with E-state index in [1.807, 2.05) is 0 Å². The van der Waals surface area contributed by atoms with Crippen LogP contribution in [0.3, 0.4) is 0 Å². The molecule has 16 heavy (non-hydrogen) atoms. The van der Waals surface area contributed by atoms with E-state index in [-0.39, 0.29) is 0 Å². The summed E-state index contributed by atoms with van der Waals surface area (Å²) in [5.41, 5.74) is 0. The maximum Gasteiger partial charge on any atom is 0.00767 e. The Balaban J connectivity index is 0.000000125. The monoisotopic (exact) mass is 228 g/mol. The fourth-order valence-corrected chi connectivity index (χ4v) is 1.57. The van der Waals surface area contributed by atoms with E-state index in [9.17, 15) is 0 Å². The van der Waals surface area contributed by atoms with Gasteiger partial charge >= 0.3 is 0 Å². The maximum absolute atomic E-state index is 3.28. The van der Waals surface area contributed by atoms with Crippen LogP contribution in [0.25, 0.3) is 0 Å². The van der Waals surface area contributed by atoms with E-state index in [1.54, 1.807) is 0 Å². The first-order chi connectivity index (χ1) is 8.00. The molecule has 0 bridgehead atoms. The topological polar surface area (TPSA) is 48.1 Å². The average molecular weight is 228 g/mol. The van der Waals surface area contributed by atoms with Crippen molar-refractivity contribution in [1.82, 2.24) is 21.3 Å². The summed E-state index contributed by atoms with van der Waals surface area (Å²) in [7, 11) is 0. The Bertz CT molecular complexity index is 102. The molecule has 3 saturated heterocycles. The van der Waals surface area contributed by atoms with Gasteiger partial charge in [-0.05, 0) is 65.0 Å². The average Bonchev–Trinajstić information content (AvgIpc) is 2.64. The lowest BCUT2D eigenvalue weighted by molar-refractivity contribution is 0.527. The van der Waals surface area contributed by atoms with E-state index >= 15 is 0 Å². The van der Waals surface area contributed by atoms with Gasteiger partial charge in [-0.3, -0.25) is 0 Å². The normalized spacial score (nSPS) is 24.0. The van der Waals surface area contributed by atoms with Crippen LogP contribution in [0.15, 0.2) is 0 Å². The highest BCUT2D eigenvalue weighted by atomic mass is 15.0. The summed E-state index contributed by atoms with van der Waals surface area (Å²) in [6.07, 6.45) is 5.44. The van der Waals surface area contributed by atoms with Gasteiger partial charge in [-0.25, -0.2) is 0 Å². The lowest BCUT2D eigenvalue weighted by Gasteiger charge is -2.09. The molecule has 4 nitrogen and oxygen atoms in total. The second-order valence-corrected chi connectivity index (χ2v) is 4.41. The van der Waals surface area contributed by atoms with Crippen LogP contribution in [0.2, 0.25) is 0 Å². The van der Waals surface area contributed by atoms with Crippen molar-refractivity contribution in [2.45, 2.75) is 25.7 Å². The van der Waals surface area contributed by atoms with E-state index in [1.165, 1.54) is 65.0 Å². The minimum Gasteiger partial charge on any atom is -0.317 e.